The highest BCUT2D eigenvalue weighted by Gasteiger charge is 2.11. The number of benzene rings is 2. The second-order valence-corrected chi connectivity index (χ2v) is 5.96. The van der Waals surface area contributed by atoms with Gasteiger partial charge in [-0.3, -0.25) is 0 Å². The molecule has 0 saturated heterocycles. The van der Waals surface area contributed by atoms with Crippen molar-refractivity contribution in [3.8, 4) is 0 Å². The standard InChI is InChI=1S/C16H17FIN/c1-11(13-6-8-16(18)9-7-13)19-12(2)14-4-3-5-15(17)10-14/h3-12,19H,1-2H3/t11?,12-/m0/s1. The summed E-state index contributed by atoms with van der Waals surface area (Å²) in [5.74, 6) is -0.187. The molecule has 0 bridgehead atoms. The first kappa shape index (κ1) is 14.5. The van der Waals surface area contributed by atoms with Crippen LogP contribution >= 0.6 is 22.6 Å². The highest BCUT2D eigenvalue weighted by Crippen LogP contribution is 2.20. The van der Waals surface area contributed by atoms with Crippen LogP contribution in [0.2, 0.25) is 0 Å². The molecule has 100 valence electrons. The molecule has 2 aromatic carbocycles. The molecule has 2 aromatic rings. The van der Waals surface area contributed by atoms with Gasteiger partial charge in [0, 0.05) is 15.7 Å². The van der Waals surface area contributed by atoms with Crippen molar-refractivity contribution in [2.45, 2.75) is 25.9 Å². The second-order valence-electron chi connectivity index (χ2n) is 4.72. The van der Waals surface area contributed by atoms with E-state index in [-0.39, 0.29) is 17.9 Å². The fourth-order valence-electron chi connectivity index (χ4n) is 2.09. The van der Waals surface area contributed by atoms with E-state index in [1.54, 1.807) is 12.1 Å². The molecule has 0 aliphatic heterocycles. The minimum atomic E-state index is -0.187. The summed E-state index contributed by atoms with van der Waals surface area (Å²) < 4.78 is 14.4. The molecule has 0 radical (unpaired) electrons. The van der Waals surface area contributed by atoms with Crippen LogP contribution in [0.25, 0.3) is 0 Å². The van der Waals surface area contributed by atoms with Crippen molar-refractivity contribution in [2.75, 3.05) is 0 Å². The zero-order valence-corrected chi connectivity index (χ0v) is 13.2. The van der Waals surface area contributed by atoms with Gasteiger partial charge in [-0.25, -0.2) is 4.39 Å². The van der Waals surface area contributed by atoms with Gasteiger partial charge < -0.3 is 5.32 Å². The van der Waals surface area contributed by atoms with Gasteiger partial charge in [0.1, 0.15) is 5.82 Å². The SMILES string of the molecule is CC(N[C@@H](C)c1cccc(F)c1)c1ccc(I)cc1. The summed E-state index contributed by atoms with van der Waals surface area (Å²) in [6.07, 6.45) is 0. The van der Waals surface area contributed by atoms with E-state index in [0.29, 0.717) is 0 Å². The normalized spacial score (nSPS) is 14.1. The predicted octanol–water partition coefficient (Wildman–Crippen LogP) is 4.84. The summed E-state index contributed by atoms with van der Waals surface area (Å²) in [4.78, 5) is 0. The van der Waals surface area contributed by atoms with Crippen LogP contribution in [-0.4, -0.2) is 0 Å². The Bertz CT molecular complexity index is 539. The molecule has 1 N–H and O–H groups in total. The van der Waals surface area contributed by atoms with Gasteiger partial charge in [-0.2, -0.15) is 0 Å². The van der Waals surface area contributed by atoms with Gasteiger partial charge in [0.05, 0.1) is 0 Å². The van der Waals surface area contributed by atoms with Crippen LogP contribution in [0, 0.1) is 9.39 Å². The smallest absolute Gasteiger partial charge is 0.123 e. The van der Waals surface area contributed by atoms with Crippen molar-refractivity contribution in [1.82, 2.24) is 5.32 Å². The van der Waals surface area contributed by atoms with Crippen LogP contribution in [0.1, 0.15) is 37.1 Å². The summed E-state index contributed by atoms with van der Waals surface area (Å²) in [7, 11) is 0. The van der Waals surface area contributed by atoms with Gasteiger partial charge in [-0.05, 0) is 71.8 Å². The number of hydrogen-bond donors (Lipinski definition) is 1. The quantitative estimate of drug-likeness (QED) is 0.761. The van der Waals surface area contributed by atoms with Crippen LogP contribution in [0.15, 0.2) is 48.5 Å². The number of rotatable bonds is 4. The monoisotopic (exact) mass is 369 g/mol. The van der Waals surface area contributed by atoms with Crippen molar-refractivity contribution in [1.29, 1.82) is 0 Å². The van der Waals surface area contributed by atoms with Crippen LogP contribution in [0.3, 0.4) is 0 Å². The van der Waals surface area contributed by atoms with E-state index in [2.05, 4.69) is 66.0 Å². The Kier molecular flexibility index (Phi) is 4.93. The predicted molar refractivity (Wildman–Crippen MR) is 85.5 cm³/mol. The first-order valence-corrected chi connectivity index (χ1v) is 7.41. The number of nitrogens with one attached hydrogen (secondary N) is 1. The second kappa shape index (κ2) is 6.48. The summed E-state index contributed by atoms with van der Waals surface area (Å²) in [6, 6.07) is 15.5. The molecule has 1 unspecified atom stereocenters. The van der Waals surface area contributed by atoms with E-state index in [4.69, 9.17) is 0 Å². The van der Waals surface area contributed by atoms with Gasteiger partial charge in [-0.1, -0.05) is 24.3 Å². The summed E-state index contributed by atoms with van der Waals surface area (Å²) in [6.45, 7) is 4.18. The molecule has 0 amide bonds. The molecule has 3 heteroatoms. The van der Waals surface area contributed by atoms with Gasteiger partial charge in [0.15, 0.2) is 0 Å². The highest BCUT2D eigenvalue weighted by molar-refractivity contribution is 14.1. The molecule has 19 heavy (non-hydrogen) atoms. The molecule has 0 saturated carbocycles. The lowest BCUT2D eigenvalue weighted by molar-refractivity contribution is 0.492. The Balaban J connectivity index is 2.06. The maximum atomic E-state index is 13.2. The molecule has 1 nitrogen and oxygen atoms in total. The molecule has 0 aliphatic carbocycles. The zero-order chi connectivity index (χ0) is 13.8. The molecule has 2 rings (SSSR count). The Labute approximate surface area is 127 Å². The average molecular weight is 369 g/mol. The van der Waals surface area contributed by atoms with E-state index in [1.807, 2.05) is 6.07 Å². The largest absolute Gasteiger partial charge is 0.304 e. The van der Waals surface area contributed by atoms with E-state index >= 15 is 0 Å². The minimum absolute atomic E-state index is 0.116. The summed E-state index contributed by atoms with van der Waals surface area (Å²) in [5, 5.41) is 3.49. The third-order valence-corrected chi connectivity index (χ3v) is 3.94. The summed E-state index contributed by atoms with van der Waals surface area (Å²) in [5.41, 5.74) is 2.21. The minimum Gasteiger partial charge on any atom is -0.304 e. The van der Waals surface area contributed by atoms with E-state index < -0.39 is 0 Å². The van der Waals surface area contributed by atoms with Crippen LogP contribution in [-0.2, 0) is 0 Å². The van der Waals surface area contributed by atoms with E-state index in [9.17, 15) is 4.39 Å². The molecule has 0 aromatic heterocycles. The Morgan fingerprint density at radius 2 is 1.58 bits per heavy atom. The lowest BCUT2D eigenvalue weighted by Crippen LogP contribution is -2.22. The van der Waals surface area contributed by atoms with Gasteiger partial charge >= 0.3 is 0 Å². The van der Waals surface area contributed by atoms with Crippen molar-refractivity contribution >= 4 is 22.6 Å². The molecular weight excluding hydrogens is 352 g/mol. The molecule has 0 heterocycles. The van der Waals surface area contributed by atoms with Crippen LogP contribution in [0.4, 0.5) is 4.39 Å². The van der Waals surface area contributed by atoms with E-state index in [0.717, 1.165) is 5.56 Å². The fraction of sp³-hybridized carbons (Fsp3) is 0.250. The maximum absolute atomic E-state index is 13.2. The van der Waals surface area contributed by atoms with Crippen molar-refractivity contribution in [2.24, 2.45) is 0 Å². The third-order valence-electron chi connectivity index (χ3n) is 3.22. The van der Waals surface area contributed by atoms with Gasteiger partial charge in [0.25, 0.3) is 0 Å². The van der Waals surface area contributed by atoms with Crippen molar-refractivity contribution in [3.63, 3.8) is 0 Å². The first-order chi connectivity index (χ1) is 9.06. The maximum Gasteiger partial charge on any atom is 0.123 e. The molecular formula is C16H17FIN. The molecule has 2 atom stereocenters. The number of halogens is 2. The Morgan fingerprint density at radius 3 is 2.21 bits per heavy atom. The van der Waals surface area contributed by atoms with Gasteiger partial charge in [-0.15, -0.1) is 0 Å². The van der Waals surface area contributed by atoms with E-state index in [1.165, 1.54) is 15.2 Å². The van der Waals surface area contributed by atoms with Crippen molar-refractivity contribution < 1.29 is 4.39 Å². The lowest BCUT2D eigenvalue weighted by atomic mass is 10.0. The Morgan fingerprint density at radius 1 is 0.947 bits per heavy atom. The van der Waals surface area contributed by atoms with Crippen molar-refractivity contribution in [3.05, 3.63) is 69.0 Å². The Hall–Kier alpha value is -0.940. The lowest BCUT2D eigenvalue weighted by Gasteiger charge is -2.21. The zero-order valence-electron chi connectivity index (χ0n) is 11.0. The van der Waals surface area contributed by atoms with Crippen LogP contribution in [0.5, 0.6) is 0 Å². The summed E-state index contributed by atoms with van der Waals surface area (Å²) >= 11 is 2.30. The molecule has 0 spiro atoms. The third kappa shape index (κ3) is 4.01. The highest BCUT2D eigenvalue weighted by atomic mass is 127. The molecule has 0 fully saturated rings. The topological polar surface area (TPSA) is 12.0 Å². The van der Waals surface area contributed by atoms with Gasteiger partial charge in [0.2, 0.25) is 0 Å². The molecule has 0 aliphatic rings. The first-order valence-electron chi connectivity index (χ1n) is 6.33. The van der Waals surface area contributed by atoms with Crippen LogP contribution < -0.4 is 5.32 Å². The number of hydrogen-bond acceptors (Lipinski definition) is 1. The average Bonchev–Trinajstić information content (AvgIpc) is 2.39. The fourth-order valence-corrected chi connectivity index (χ4v) is 2.45.